The van der Waals surface area contributed by atoms with E-state index in [4.69, 9.17) is 23.7 Å². The molecule has 0 fully saturated rings. The van der Waals surface area contributed by atoms with Gasteiger partial charge in [-0.3, -0.25) is 9.10 Å². The number of sulfonamides is 1. The van der Waals surface area contributed by atoms with Crippen LogP contribution in [0.5, 0.6) is 28.7 Å². The molecule has 0 saturated heterocycles. The lowest BCUT2D eigenvalue weighted by atomic mass is 10.2. The van der Waals surface area contributed by atoms with Gasteiger partial charge in [-0.25, -0.2) is 8.42 Å². The van der Waals surface area contributed by atoms with Crippen LogP contribution in [0.25, 0.3) is 0 Å². The number of rotatable bonds is 10. The molecule has 3 aromatic rings. The summed E-state index contributed by atoms with van der Waals surface area (Å²) in [4.78, 5) is 13.0. The molecule has 0 saturated carbocycles. The van der Waals surface area contributed by atoms with E-state index in [1.54, 1.807) is 42.5 Å². The molecule has 0 atom stereocenters. The number of nitrogens with zero attached hydrogens (tertiary/aromatic N) is 1. The van der Waals surface area contributed by atoms with E-state index < -0.39 is 22.5 Å². The van der Waals surface area contributed by atoms with Crippen LogP contribution in [0.2, 0.25) is 0 Å². The van der Waals surface area contributed by atoms with Gasteiger partial charge in [0.2, 0.25) is 5.91 Å². The summed E-state index contributed by atoms with van der Waals surface area (Å²) >= 11 is 0. The molecule has 0 bridgehead atoms. The summed E-state index contributed by atoms with van der Waals surface area (Å²) in [6.45, 7) is 2.68. The third-order valence-electron chi connectivity index (χ3n) is 5.49. The molecule has 196 valence electrons. The first kappa shape index (κ1) is 26.0. The molecular formula is C26H28N2O8S. The predicted octanol–water partition coefficient (Wildman–Crippen LogP) is 3.71. The van der Waals surface area contributed by atoms with E-state index in [1.165, 1.54) is 32.4 Å². The van der Waals surface area contributed by atoms with Crippen LogP contribution >= 0.6 is 0 Å². The molecule has 1 amide bonds. The lowest BCUT2D eigenvalue weighted by Crippen LogP contribution is -2.38. The summed E-state index contributed by atoms with van der Waals surface area (Å²) in [7, 11) is -1.31. The number of nitrogens with one attached hydrogen (secondary N) is 1. The molecule has 0 radical (unpaired) electrons. The Morgan fingerprint density at radius 2 is 1.62 bits per heavy atom. The van der Waals surface area contributed by atoms with Crippen molar-refractivity contribution in [2.45, 2.75) is 11.8 Å². The number of hydrogen-bond acceptors (Lipinski definition) is 8. The maximum atomic E-state index is 13.8. The molecule has 1 aliphatic rings. The normalized spacial score (nSPS) is 12.4. The fraction of sp³-hybridized carbons (Fsp3) is 0.269. The van der Waals surface area contributed by atoms with Crippen LogP contribution < -0.4 is 33.3 Å². The Morgan fingerprint density at radius 1 is 0.919 bits per heavy atom. The minimum atomic E-state index is -4.19. The van der Waals surface area contributed by atoms with Gasteiger partial charge in [0.1, 0.15) is 25.5 Å². The smallest absolute Gasteiger partial charge is 0.264 e. The lowest BCUT2D eigenvalue weighted by molar-refractivity contribution is -0.114. The average Bonchev–Trinajstić information content (AvgIpc) is 2.92. The van der Waals surface area contributed by atoms with Crippen molar-refractivity contribution in [3.05, 3.63) is 60.7 Å². The maximum absolute atomic E-state index is 13.8. The molecule has 4 rings (SSSR count). The van der Waals surface area contributed by atoms with E-state index >= 15 is 0 Å². The molecule has 0 aromatic heterocycles. The highest BCUT2D eigenvalue weighted by molar-refractivity contribution is 7.92. The molecule has 0 aliphatic carbocycles. The zero-order chi connectivity index (χ0) is 26.4. The molecule has 10 nitrogen and oxygen atoms in total. The Hall–Kier alpha value is -4.12. The van der Waals surface area contributed by atoms with Gasteiger partial charge in [0, 0.05) is 17.8 Å². The number of benzene rings is 3. The van der Waals surface area contributed by atoms with Crippen LogP contribution in [0.15, 0.2) is 65.6 Å². The van der Waals surface area contributed by atoms with Crippen molar-refractivity contribution in [2.75, 3.05) is 50.2 Å². The van der Waals surface area contributed by atoms with Crippen molar-refractivity contribution < 1.29 is 36.9 Å². The van der Waals surface area contributed by atoms with Crippen molar-refractivity contribution in [1.29, 1.82) is 0 Å². The van der Waals surface area contributed by atoms with Crippen molar-refractivity contribution >= 4 is 27.3 Å². The molecular weight excluding hydrogens is 500 g/mol. The number of ether oxygens (including phenoxy) is 5. The number of carbonyl (C=O) groups is 1. The fourth-order valence-corrected chi connectivity index (χ4v) is 5.18. The Morgan fingerprint density at radius 3 is 2.30 bits per heavy atom. The Kier molecular flexibility index (Phi) is 7.92. The Bertz CT molecular complexity index is 1360. The van der Waals surface area contributed by atoms with Crippen LogP contribution in [-0.4, -0.2) is 54.9 Å². The second-order valence-electron chi connectivity index (χ2n) is 7.86. The van der Waals surface area contributed by atoms with E-state index in [2.05, 4.69) is 5.32 Å². The van der Waals surface area contributed by atoms with Crippen LogP contribution in [0.1, 0.15) is 6.92 Å². The summed E-state index contributed by atoms with van der Waals surface area (Å²) in [6.07, 6.45) is 0. The van der Waals surface area contributed by atoms with Gasteiger partial charge in [0.25, 0.3) is 10.0 Å². The van der Waals surface area contributed by atoms with Crippen molar-refractivity contribution in [1.82, 2.24) is 0 Å². The number of methoxy groups -OCH3 is 2. The van der Waals surface area contributed by atoms with Gasteiger partial charge in [0.05, 0.1) is 31.4 Å². The zero-order valence-corrected chi connectivity index (χ0v) is 21.5. The van der Waals surface area contributed by atoms with E-state index in [-0.39, 0.29) is 16.3 Å². The Balaban J connectivity index is 1.65. The van der Waals surface area contributed by atoms with E-state index in [9.17, 15) is 13.2 Å². The standard InChI is InChI=1S/C26H28N2O8S/c1-4-34-20-8-6-19(7-9-20)28(37(30,31)21-10-12-22(32-2)24(16-21)33-3)17-26(29)27-18-5-11-23-25(15-18)36-14-13-35-23/h5-12,15-16H,4,13-14,17H2,1-3H3,(H,27,29). The average molecular weight is 529 g/mol. The summed E-state index contributed by atoms with van der Waals surface area (Å²) in [5.41, 5.74) is 0.736. The molecule has 1 N–H and O–H groups in total. The quantitative estimate of drug-likeness (QED) is 0.424. The van der Waals surface area contributed by atoms with Gasteiger partial charge < -0.3 is 29.0 Å². The number of amides is 1. The summed E-state index contributed by atoms with van der Waals surface area (Å²) in [6, 6.07) is 15.7. The Labute approximate surface area is 215 Å². The van der Waals surface area contributed by atoms with Gasteiger partial charge in [0.15, 0.2) is 23.0 Å². The highest BCUT2D eigenvalue weighted by Crippen LogP contribution is 2.34. The van der Waals surface area contributed by atoms with E-state index in [1.807, 2.05) is 6.92 Å². The van der Waals surface area contributed by atoms with Crippen LogP contribution in [0.4, 0.5) is 11.4 Å². The molecule has 1 aliphatic heterocycles. The summed E-state index contributed by atoms with van der Waals surface area (Å²) in [5.74, 6) is 1.74. The maximum Gasteiger partial charge on any atom is 0.264 e. The SMILES string of the molecule is CCOc1ccc(N(CC(=O)Nc2ccc3c(c2)OCCO3)S(=O)(=O)c2ccc(OC)c(OC)c2)cc1. The first-order valence-electron chi connectivity index (χ1n) is 11.5. The molecule has 1 heterocycles. The largest absolute Gasteiger partial charge is 0.494 e. The zero-order valence-electron chi connectivity index (χ0n) is 20.7. The van der Waals surface area contributed by atoms with Crippen LogP contribution in [0, 0.1) is 0 Å². The lowest BCUT2D eigenvalue weighted by Gasteiger charge is -2.25. The molecule has 0 unspecified atom stereocenters. The third kappa shape index (κ3) is 5.83. The summed E-state index contributed by atoms with van der Waals surface area (Å²) < 4.78 is 55.6. The summed E-state index contributed by atoms with van der Waals surface area (Å²) in [5, 5.41) is 2.74. The third-order valence-corrected chi connectivity index (χ3v) is 7.26. The van der Waals surface area contributed by atoms with Crippen molar-refractivity contribution in [3.63, 3.8) is 0 Å². The molecule has 37 heavy (non-hydrogen) atoms. The van der Waals surface area contributed by atoms with Gasteiger partial charge >= 0.3 is 0 Å². The van der Waals surface area contributed by atoms with Crippen molar-refractivity contribution in [3.8, 4) is 28.7 Å². The highest BCUT2D eigenvalue weighted by Gasteiger charge is 2.29. The molecule has 11 heteroatoms. The second-order valence-corrected chi connectivity index (χ2v) is 9.72. The van der Waals surface area contributed by atoms with Crippen molar-refractivity contribution in [2.24, 2.45) is 0 Å². The minimum absolute atomic E-state index is 0.0637. The first-order chi connectivity index (χ1) is 17.8. The predicted molar refractivity (Wildman–Crippen MR) is 138 cm³/mol. The molecule has 0 spiro atoms. The highest BCUT2D eigenvalue weighted by atomic mass is 32.2. The van der Waals surface area contributed by atoms with Gasteiger partial charge in [-0.05, 0) is 55.5 Å². The minimum Gasteiger partial charge on any atom is -0.494 e. The second kappa shape index (κ2) is 11.3. The number of anilines is 2. The monoisotopic (exact) mass is 528 g/mol. The van der Waals surface area contributed by atoms with Gasteiger partial charge in [-0.2, -0.15) is 0 Å². The fourth-order valence-electron chi connectivity index (χ4n) is 3.75. The number of carbonyl (C=O) groups excluding carboxylic acids is 1. The number of hydrogen-bond donors (Lipinski definition) is 1. The topological polar surface area (TPSA) is 113 Å². The number of fused-ring (bicyclic) bond motifs is 1. The van der Waals surface area contributed by atoms with E-state index in [0.717, 1.165) is 4.31 Å². The molecule has 3 aromatic carbocycles. The van der Waals surface area contributed by atoms with Crippen LogP contribution in [0.3, 0.4) is 0 Å². The van der Waals surface area contributed by atoms with Crippen LogP contribution in [-0.2, 0) is 14.8 Å². The van der Waals surface area contributed by atoms with E-state index in [0.29, 0.717) is 48.5 Å². The first-order valence-corrected chi connectivity index (χ1v) is 13.0. The van der Waals surface area contributed by atoms with Gasteiger partial charge in [-0.1, -0.05) is 0 Å². The van der Waals surface area contributed by atoms with Gasteiger partial charge in [-0.15, -0.1) is 0 Å².